The third kappa shape index (κ3) is 4.43. The topological polar surface area (TPSA) is 38.1 Å². The van der Waals surface area contributed by atoms with Crippen LogP contribution in [0.25, 0.3) is 0 Å². The summed E-state index contributed by atoms with van der Waals surface area (Å²) in [6.45, 7) is 5.31. The molecule has 0 aromatic carbocycles. The number of rotatable bonds is 3. The van der Waals surface area contributed by atoms with Crippen molar-refractivity contribution in [3.8, 4) is 0 Å². The van der Waals surface area contributed by atoms with Gasteiger partial charge < -0.3 is 4.90 Å². The van der Waals surface area contributed by atoms with Gasteiger partial charge in [-0.1, -0.05) is 0 Å². The van der Waals surface area contributed by atoms with E-state index in [1.165, 1.54) is 0 Å². The molecule has 0 spiro atoms. The number of alkyl halides is 3. The summed E-state index contributed by atoms with van der Waals surface area (Å²) < 4.78 is 38.8. The number of amides is 1. The first-order chi connectivity index (χ1) is 10.7. The monoisotopic (exact) mass is 349 g/mol. The van der Waals surface area contributed by atoms with Crippen LogP contribution in [0, 0.1) is 13.8 Å². The van der Waals surface area contributed by atoms with E-state index < -0.39 is 18.6 Å². The summed E-state index contributed by atoms with van der Waals surface area (Å²) in [6, 6.07) is 0. The van der Waals surface area contributed by atoms with Crippen LogP contribution in [0.15, 0.2) is 0 Å². The number of nitrogens with zero attached hydrogens (tertiary/aromatic N) is 3. The maximum absolute atomic E-state index is 12.7. The maximum Gasteiger partial charge on any atom is 0.408 e. The second-order valence-corrected chi connectivity index (χ2v) is 7.09. The second kappa shape index (κ2) is 7.15. The highest BCUT2D eigenvalue weighted by atomic mass is 32.2. The van der Waals surface area contributed by atoms with Gasteiger partial charge in [-0.15, -0.1) is 0 Å². The molecule has 0 radical (unpaired) electrons. The average molecular weight is 349 g/mol. The number of halogens is 3. The van der Waals surface area contributed by atoms with E-state index in [4.69, 9.17) is 0 Å². The minimum atomic E-state index is -4.32. The van der Waals surface area contributed by atoms with Crippen molar-refractivity contribution in [2.45, 2.75) is 45.8 Å². The number of aromatic nitrogens is 2. The Morgan fingerprint density at radius 3 is 2.65 bits per heavy atom. The molecule has 0 saturated carbocycles. The Morgan fingerprint density at radius 2 is 2.00 bits per heavy atom. The van der Waals surface area contributed by atoms with E-state index >= 15 is 0 Å². The predicted octanol–water partition coefficient (Wildman–Crippen LogP) is 3.13. The molecule has 0 N–H and O–H groups in total. The molecule has 0 unspecified atom stereocenters. The molecule has 1 aromatic rings. The predicted molar refractivity (Wildman–Crippen MR) is 84.7 cm³/mol. The molecule has 1 atom stereocenters. The molecule has 23 heavy (non-hydrogen) atoms. The Bertz CT molecular complexity index is 563. The van der Waals surface area contributed by atoms with Crippen molar-refractivity contribution >= 4 is 17.7 Å². The van der Waals surface area contributed by atoms with Crippen LogP contribution in [-0.4, -0.2) is 51.4 Å². The fraction of sp³-hybridized carbons (Fsp3) is 0.733. The largest absolute Gasteiger partial charge is 0.408 e. The molecule has 130 valence electrons. The van der Waals surface area contributed by atoms with Crippen LogP contribution < -0.4 is 0 Å². The van der Waals surface area contributed by atoms with E-state index in [1.807, 2.05) is 16.7 Å². The average Bonchev–Trinajstić information content (AvgIpc) is 2.66. The van der Waals surface area contributed by atoms with Crippen molar-refractivity contribution in [1.82, 2.24) is 14.7 Å². The summed E-state index contributed by atoms with van der Waals surface area (Å²) >= 11 is 1.83. The molecule has 2 heterocycles. The molecular weight excluding hydrogens is 327 g/mol. The van der Waals surface area contributed by atoms with Crippen molar-refractivity contribution in [2.24, 2.45) is 0 Å². The first kappa shape index (κ1) is 18.2. The van der Waals surface area contributed by atoms with Crippen LogP contribution in [0.2, 0.25) is 0 Å². The molecule has 0 bridgehead atoms. The fourth-order valence-corrected chi connectivity index (χ4v) is 3.91. The highest BCUT2D eigenvalue weighted by Gasteiger charge is 2.32. The zero-order valence-corrected chi connectivity index (χ0v) is 14.4. The molecule has 1 aliphatic rings. The number of carbonyl (C=O) groups is 1. The van der Waals surface area contributed by atoms with Crippen LogP contribution in [0.3, 0.4) is 0 Å². The van der Waals surface area contributed by atoms with Crippen LogP contribution in [0.5, 0.6) is 0 Å². The summed E-state index contributed by atoms with van der Waals surface area (Å²) in [5.74, 6) is 1.45. The third-order valence-corrected chi connectivity index (χ3v) is 5.15. The standard InChI is InChI=1S/C15H22F3N3OS/c1-10(14(22)20-5-4-7-23-8-6-20)13-11(2)19-21(12(13)3)9-15(16,17)18/h10H,4-9H2,1-3H3/t10-/m0/s1. The number of hydrogen-bond donors (Lipinski definition) is 0. The maximum atomic E-state index is 12.7. The minimum absolute atomic E-state index is 0.0229. The first-order valence-corrected chi connectivity index (χ1v) is 8.83. The number of thioether (sulfide) groups is 1. The van der Waals surface area contributed by atoms with Gasteiger partial charge in [0.05, 0.1) is 11.6 Å². The summed E-state index contributed by atoms with van der Waals surface area (Å²) in [5, 5.41) is 3.98. The Balaban J connectivity index is 2.21. The van der Waals surface area contributed by atoms with Gasteiger partial charge in [-0.3, -0.25) is 9.48 Å². The van der Waals surface area contributed by atoms with Gasteiger partial charge in [-0.2, -0.15) is 30.0 Å². The van der Waals surface area contributed by atoms with E-state index in [2.05, 4.69) is 5.10 Å². The van der Waals surface area contributed by atoms with Crippen molar-refractivity contribution in [1.29, 1.82) is 0 Å². The lowest BCUT2D eigenvalue weighted by molar-refractivity contribution is -0.143. The van der Waals surface area contributed by atoms with Gasteiger partial charge in [0.1, 0.15) is 6.54 Å². The van der Waals surface area contributed by atoms with Gasteiger partial charge in [0.25, 0.3) is 0 Å². The lowest BCUT2D eigenvalue weighted by Gasteiger charge is -2.24. The number of aryl methyl sites for hydroxylation is 1. The van der Waals surface area contributed by atoms with E-state index in [9.17, 15) is 18.0 Å². The molecule has 1 amide bonds. The van der Waals surface area contributed by atoms with Crippen molar-refractivity contribution in [3.05, 3.63) is 17.0 Å². The first-order valence-electron chi connectivity index (χ1n) is 7.68. The zero-order chi connectivity index (χ0) is 17.2. The second-order valence-electron chi connectivity index (χ2n) is 5.87. The Morgan fingerprint density at radius 1 is 1.30 bits per heavy atom. The Kier molecular flexibility index (Phi) is 5.65. The van der Waals surface area contributed by atoms with Gasteiger partial charge in [0.2, 0.25) is 5.91 Å². The molecule has 8 heteroatoms. The van der Waals surface area contributed by atoms with Crippen LogP contribution >= 0.6 is 11.8 Å². The Hall–Kier alpha value is -1.18. The molecule has 1 aliphatic heterocycles. The molecule has 2 rings (SSSR count). The summed E-state index contributed by atoms with van der Waals surface area (Å²) in [5.41, 5.74) is 1.54. The number of hydrogen-bond acceptors (Lipinski definition) is 3. The van der Waals surface area contributed by atoms with E-state index in [1.54, 1.807) is 20.8 Å². The van der Waals surface area contributed by atoms with Crippen LogP contribution in [0.4, 0.5) is 13.2 Å². The summed E-state index contributed by atoms with van der Waals surface area (Å²) in [7, 11) is 0. The van der Waals surface area contributed by atoms with Gasteiger partial charge >= 0.3 is 6.18 Å². The summed E-state index contributed by atoms with van der Waals surface area (Å²) in [4.78, 5) is 14.5. The highest BCUT2D eigenvalue weighted by molar-refractivity contribution is 7.99. The van der Waals surface area contributed by atoms with Crippen LogP contribution in [-0.2, 0) is 11.3 Å². The highest BCUT2D eigenvalue weighted by Crippen LogP contribution is 2.28. The lowest BCUT2D eigenvalue weighted by Crippen LogP contribution is -2.36. The molecule has 1 saturated heterocycles. The molecule has 4 nitrogen and oxygen atoms in total. The zero-order valence-electron chi connectivity index (χ0n) is 13.6. The molecule has 1 aromatic heterocycles. The van der Waals surface area contributed by atoms with E-state index in [0.29, 0.717) is 30.0 Å². The molecule has 1 fully saturated rings. The van der Waals surface area contributed by atoms with Crippen molar-refractivity contribution < 1.29 is 18.0 Å². The van der Waals surface area contributed by atoms with E-state index in [-0.39, 0.29) is 5.91 Å². The van der Waals surface area contributed by atoms with Crippen molar-refractivity contribution in [2.75, 3.05) is 24.6 Å². The van der Waals surface area contributed by atoms with Gasteiger partial charge in [0, 0.05) is 30.1 Å². The number of carbonyl (C=O) groups excluding carboxylic acids is 1. The lowest BCUT2D eigenvalue weighted by atomic mass is 9.97. The van der Waals surface area contributed by atoms with Gasteiger partial charge in [0.15, 0.2) is 0 Å². The quantitative estimate of drug-likeness (QED) is 0.841. The van der Waals surface area contributed by atoms with Gasteiger partial charge in [-0.05, 0) is 32.9 Å². The fourth-order valence-electron chi connectivity index (χ4n) is 3.03. The van der Waals surface area contributed by atoms with E-state index in [0.717, 1.165) is 22.6 Å². The van der Waals surface area contributed by atoms with Crippen LogP contribution in [0.1, 0.15) is 36.2 Å². The van der Waals surface area contributed by atoms with Gasteiger partial charge in [-0.25, -0.2) is 0 Å². The third-order valence-electron chi connectivity index (χ3n) is 4.10. The Labute approximate surface area is 138 Å². The minimum Gasteiger partial charge on any atom is -0.341 e. The molecule has 0 aliphatic carbocycles. The normalized spacial score (nSPS) is 17.9. The summed E-state index contributed by atoms with van der Waals surface area (Å²) in [6.07, 6.45) is -3.37. The SMILES string of the molecule is Cc1nn(CC(F)(F)F)c(C)c1[C@H](C)C(=O)N1CCCSCC1. The smallest absolute Gasteiger partial charge is 0.341 e. The molecular formula is C15H22F3N3OS. The van der Waals surface area contributed by atoms with Crippen molar-refractivity contribution in [3.63, 3.8) is 0 Å².